The highest BCUT2D eigenvalue weighted by atomic mass is 28.3. The molecule has 1 aromatic rings. The Bertz CT molecular complexity index is 410. The van der Waals surface area contributed by atoms with E-state index >= 15 is 0 Å². The molecule has 1 aliphatic rings. The molecule has 0 aliphatic heterocycles. The van der Waals surface area contributed by atoms with Crippen LogP contribution in [-0.2, 0) is 16.4 Å². The van der Waals surface area contributed by atoms with Gasteiger partial charge in [0.25, 0.3) is 0 Å². The topological polar surface area (TPSA) is 33.0 Å². The molecule has 0 saturated carbocycles. The molecular weight excluding hydrogens is 202 g/mol. The summed E-state index contributed by atoms with van der Waals surface area (Å²) in [6.45, 7) is 4.22. The van der Waals surface area contributed by atoms with Gasteiger partial charge in [-0.2, -0.15) is 5.26 Å². The quantitative estimate of drug-likeness (QED) is 0.712. The molecule has 0 N–H and O–H groups in total. The summed E-state index contributed by atoms with van der Waals surface area (Å²) in [6.07, 6.45) is 1.78. The van der Waals surface area contributed by atoms with Crippen molar-refractivity contribution in [1.29, 1.82) is 5.26 Å². The zero-order chi connectivity index (χ0) is 10.9. The van der Waals surface area contributed by atoms with Crippen LogP contribution in [0.2, 0.25) is 13.1 Å². The maximum Gasteiger partial charge on any atom is 0.173 e. The minimum Gasteiger partial charge on any atom is -0.400 e. The monoisotopic (exact) mass is 217 g/mol. The zero-order valence-electron chi connectivity index (χ0n) is 9.16. The van der Waals surface area contributed by atoms with E-state index in [9.17, 15) is 5.26 Å². The van der Waals surface area contributed by atoms with Crippen LogP contribution in [0.1, 0.15) is 17.5 Å². The number of nitrogens with zero attached hydrogens (tertiary/aromatic N) is 1. The van der Waals surface area contributed by atoms with Crippen LogP contribution >= 0.6 is 0 Å². The van der Waals surface area contributed by atoms with Gasteiger partial charge in [0.15, 0.2) is 14.6 Å². The summed E-state index contributed by atoms with van der Waals surface area (Å²) >= 11 is 0. The summed E-state index contributed by atoms with van der Waals surface area (Å²) in [5.41, 5.74) is 1.72. The largest absolute Gasteiger partial charge is 0.400 e. The zero-order valence-corrected chi connectivity index (χ0v) is 10.3. The Kier molecular flexibility index (Phi) is 2.64. The summed E-state index contributed by atoms with van der Waals surface area (Å²) in [7, 11) is -1.19. The van der Waals surface area contributed by atoms with Gasteiger partial charge in [-0.1, -0.05) is 24.3 Å². The molecule has 0 bridgehead atoms. The van der Waals surface area contributed by atoms with Crippen LogP contribution in [0.4, 0.5) is 0 Å². The number of nitriles is 1. The average molecular weight is 217 g/mol. The van der Waals surface area contributed by atoms with Gasteiger partial charge in [-0.3, -0.25) is 0 Å². The molecule has 3 heteroatoms. The SMILES string of the molecule is C[SiH](C)OC1(C#N)CCc2ccccc21. The lowest BCUT2D eigenvalue weighted by molar-refractivity contribution is 0.130. The molecule has 1 atom stereocenters. The first kappa shape index (κ1) is 10.4. The third-order valence-electron chi connectivity index (χ3n) is 2.82. The van der Waals surface area contributed by atoms with Crippen molar-refractivity contribution >= 4 is 9.04 Å². The summed E-state index contributed by atoms with van der Waals surface area (Å²) in [6, 6.07) is 10.5. The fraction of sp³-hybridized carbons (Fsp3) is 0.417. The average Bonchev–Trinajstić information content (AvgIpc) is 2.58. The van der Waals surface area contributed by atoms with Crippen molar-refractivity contribution in [3.8, 4) is 6.07 Å². The number of aryl methyl sites for hydroxylation is 1. The van der Waals surface area contributed by atoms with Crippen molar-refractivity contribution in [3.05, 3.63) is 35.4 Å². The smallest absolute Gasteiger partial charge is 0.173 e. The fourth-order valence-electron chi connectivity index (χ4n) is 2.24. The number of benzene rings is 1. The Hall–Kier alpha value is -1.11. The first-order valence-electron chi connectivity index (χ1n) is 5.35. The molecule has 2 rings (SSSR count). The van der Waals surface area contributed by atoms with Gasteiger partial charge < -0.3 is 4.43 Å². The summed E-state index contributed by atoms with van der Waals surface area (Å²) in [5.74, 6) is 0. The molecule has 78 valence electrons. The predicted molar refractivity (Wildman–Crippen MR) is 62.0 cm³/mol. The van der Waals surface area contributed by atoms with E-state index in [-0.39, 0.29) is 0 Å². The summed E-state index contributed by atoms with van der Waals surface area (Å²) in [5, 5.41) is 9.36. The second-order valence-electron chi connectivity index (χ2n) is 4.26. The van der Waals surface area contributed by atoms with Crippen molar-refractivity contribution in [2.24, 2.45) is 0 Å². The van der Waals surface area contributed by atoms with Gasteiger partial charge in [0, 0.05) is 5.56 Å². The summed E-state index contributed by atoms with van der Waals surface area (Å²) in [4.78, 5) is 0. The molecule has 0 amide bonds. The van der Waals surface area contributed by atoms with Gasteiger partial charge in [0.05, 0.1) is 0 Å². The first-order chi connectivity index (χ1) is 7.18. The van der Waals surface area contributed by atoms with E-state index in [1.807, 2.05) is 18.2 Å². The fourth-order valence-corrected chi connectivity index (χ4v) is 3.35. The van der Waals surface area contributed by atoms with Gasteiger partial charge in [-0.25, -0.2) is 0 Å². The Balaban J connectivity index is 2.42. The van der Waals surface area contributed by atoms with Crippen LogP contribution in [0, 0.1) is 11.3 Å². The van der Waals surface area contributed by atoms with E-state index in [4.69, 9.17) is 4.43 Å². The maximum atomic E-state index is 9.36. The van der Waals surface area contributed by atoms with Crippen LogP contribution in [0.5, 0.6) is 0 Å². The molecule has 0 saturated heterocycles. The predicted octanol–water partition coefficient (Wildman–Crippen LogP) is 2.35. The van der Waals surface area contributed by atoms with E-state index < -0.39 is 14.6 Å². The molecule has 1 aliphatic carbocycles. The van der Waals surface area contributed by atoms with Gasteiger partial charge >= 0.3 is 0 Å². The summed E-state index contributed by atoms with van der Waals surface area (Å²) < 4.78 is 5.95. The minimum absolute atomic E-state index is 0.642. The molecule has 0 radical (unpaired) electrons. The molecule has 2 nitrogen and oxygen atoms in total. The van der Waals surface area contributed by atoms with Crippen molar-refractivity contribution in [2.75, 3.05) is 0 Å². The van der Waals surface area contributed by atoms with Crippen LogP contribution in [0.15, 0.2) is 24.3 Å². The van der Waals surface area contributed by atoms with Crippen LogP contribution < -0.4 is 0 Å². The Morgan fingerprint density at radius 3 is 2.80 bits per heavy atom. The molecule has 0 aromatic heterocycles. The van der Waals surface area contributed by atoms with Crippen molar-refractivity contribution in [3.63, 3.8) is 0 Å². The highest BCUT2D eigenvalue weighted by molar-refractivity contribution is 6.48. The third-order valence-corrected chi connectivity index (χ3v) is 3.69. The molecule has 1 aromatic carbocycles. The normalized spacial score (nSPS) is 23.9. The first-order valence-corrected chi connectivity index (χ1v) is 8.13. The lowest BCUT2D eigenvalue weighted by Crippen LogP contribution is -2.30. The van der Waals surface area contributed by atoms with E-state index in [1.54, 1.807) is 0 Å². The highest BCUT2D eigenvalue weighted by Gasteiger charge is 2.40. The van der Waals surface area contributed by atoms with Gasteiger partial charge in [0.2, 0.25) is 0 Å². The standard InChI is InChI=1S/C12H15NOSi/c1-15(2)14-12(9-13)8-7-10-5-3-4-6-11(10)12/h3-6,15H,7-8H2,1-2H3. The van der Waals surface area contributed by atoms with Gasteiger partial charge in [0.1, 0.15) is 6.07 Å². The number of hydrogen-bond donors (Lipinski definition) is 0. The van der Waals surface area contributed by atoms with Gasteiger partial charge in [-0.15, -0.1) is 0 Å². The number of rotatable bonds is 2. The minimum atomic E-state index is -1.19. The van der Waals surface area contributed by atoms with E-state index in [1.165, 1.54) is 5.56 Å². The molecule has 1 unspecified atom stereocenters. The van der Waals surface area contributed by atoms with Crippen LogP contribution in [-0.4, -0.2) is 9.04 Å². The van der Waals surface area contributed by atoms with E-state index in [0.717, 1.165) is 18.4 Å². The molecule has 0 spiro atoms. The second-order valence-corrected chi connectivity index (χ2v) is 6.60. The Morgan fingerprint density at radius 2 is 2.13 bits per heavy atom. The van der Waals surface area contributed by atoms with Crippen LogP contribution in [0.3, 0.4) is 0 Å². The van der Waals surface area contributed by atoms with Gasteiger partial charge in [-0.05, 0) is 31.5 Å². The Morgan fingerprint density at radius 1 is 1.40 bits per heavy atom. The highest BCUT2D eigenvalue weighted by Crippen LogP contribution is 2.39. The van der Waals surface area contributed by atoms with E-state index in [2.05, 4.69) is 25.2 Å². The van der Waals surface area contributed by atoms with Crippen molar-refractivity contribution < 1.29 is 4.43 Å². The van der Waals surface area contributed by atoms with Crippen molar-refractivity contribution in [1.82, 2.24) is 0 Å². The molecular formula is C12H15NOSi. The number of hydrogen-bond acceptors (Lipinski definition) is 2. The molecule has 0 fully saturated rings. The Labute approximate surface area is 92.2 Å². The number of fused-ring (bicyclic) bond motifs is 1. The molecule has 0 heterocycles. The van der Waals surface area contributed by atoms with Crippen LogP contribution in [0.25, 0.3) is 0 Å². The molecule has 15 heavy (non-hydrogen) atoms. The lowest BCUT2D eigenvalue weighted by Gasteiger charge is -2.25. The van der Waals surface area contributed by atoms with E-state index in [0.29, 0.717) is 0 Å². The maximum absolute atomic E-state index is 9.36. The second kappa shape index (κ2) is 3.80. The lowest BCUT2D eigenvalue weighted by atomic mass is 9.98. The third kappa shape index (κ3) is 1.71. The van der Waals surface area contributed by atoms with Crippen molar-refractivity contribution in [2.45, 2.75) is 31.5 Å².